The second kappa shape index (κ2) is 8.26. The van der Waals surface area contributed by atoms with Crippen LogP contribution in [-0.4, -0.2) is 53.5 Å². The zero-order chi connectivity index (χ0) is 17.6. The number of thiophene rings is 1. The summed E-state index contributed by atoms with van der Waals surface area (Å²) in [6.07, 6.45) is 0.533. The van der Waals surface area contributed by atoms with Crippen molar-refractivity contribution in [1.29, 1.82) is 0 Å². The molecule has 2 aromatic heterocycles. The van der Waals surface area contributed by atoms with E-state index in [-0.39, 0.29) is 5.91 Å². The fourth-order valence-corrected chi connectivity index (χ4v) is 3.53. The zero-order valence-corrected chi connectivity index (χ0v) is 15.3. The maximum absolute atomic E-state index is 12.0. The van der Waals surface area contributed by atoms with Gasteiger partial charge in [0.2, 0.25) is 11.9 Å². The lowest BCUT2D eigenvalue weighted by molar-refractivity contribution is -0.121. The van der Waals surface area contributed by atoms with Gasteiger partial charge in [-0.3, -0.25) is 9.69 Å². The normalized spacial score (nSPS) is 15.3. The van der Waals surface area contributed by atoms with Gasteiger partial charge in [0.1, 0.15) is 5.82 Å². The number of nitrogen functional groups attached to an aromatic ring is 1. The Labute approximate surface area is 151 Å². The molecule has 134 valence electrons. The minimum Gasteiger partial charge on any atom is -0.368 e. The molecule has 8 heteroatoms. The van der Waals surface area contributed by atoms with Gasteiger partial charge in [-0.25, -0.2) is 4.98 Å². The third-order valence-corrected chi connectivity index (χ3v) is 5.13. The van der Waals surface area contributed by atoms with Crippen LogP contribution in [-0.2, 0) is 11.3 Å². The summed E-state index contributed by atoms with van der Waals surface area (Å²) >= 11 is 1.66. The number of nitrogens with zero attached hydrogens (tertiary/aromatic N) is 4. The lowest BCUT2D eigenvalue weighted by Crippen LogP contribution is -2.47. The highest BCUT2D eigenvalue weighted by Crippen LogP contribution is 2.16. The van der Waals surface area contributed by atoms with Gasteiger partial charge in [0, 0.05) is 55.8 Å². The molecule has 2 aromatic rings. The Morgan fingerprint density at radius 1 is 1.32 bits per heavy atom. The average Bonchev–Trinajstić information content (AvgIpc) is 3.11. The van der Waals surface area contributed by atoms with Gasteiger partial charge in [-0.15, -0.1) is 11.3 Å². The topological polar surface area (TPSA) is 87.4 Å². The Bertz CT molecular complexity index is 677. The molecule has 3 N–H and O–H groups in total. The molecule has 0 atom stereocenters. The van der Waals surface area contributed by atoms with E-state index >= 15 is 0 Å². The number of piperazine rings is 1. The summed E-state index contributed by atoms with van der Waals surface area (Å²) in [5, 5.41) is 5.00. The van der Waals surface area contributed by atoms with E-state index in [2.05, 4.69) is 25.1 Å². The Morgan fingerprint density at radius 2 is 2.12 bits per heavy atom. The molecule has 0 radical (unpaired) electrons. The molecule has 7 nitrogen and oxygen atoms in total. The van der Waals surface area contributed by atoms with Crippen LogP contribution in [0, 0.1) is 6.92 Å². The van der Waals surface area contributed by atoms with E-state index < -0.39 is 0 Å². The van der Waals surface area contributed by atoms with E-state index in [1.54, 1.807) is 11.3 Å². The number of rotatable bonds is 6. The number of carbonyl (C=O) groups excluding carboxylic acids is 1. The Balaban J connectivity index is 1.39. The van der Waals surface area contributed by atoms with Crippen LogP contribution in [0.15, 0.2) is 23.6 Å². The molecule has 0 bridgehead atoms. The highest BCUT2D eigenvalue weighted by molar-refractivity contribution is 7.09. The molecule has 1 saturated heterocycles. The molecule has 25 heavy (non-hydrogen) atoms. The number of nitrogens with two attached hydrogens (primary N) is 1. The van der Waals surface area contributed by atoms with Gasteiger partial charge in [0.25, 0.3) is 0 Å². The van der Waals surface area contributed by atoms with E-state index in [4.69, 9.17) is 5.73 Å². The van der Waals surface area contributed by atoms with Crippen molar-refractivity contribution in [2.45, 2.75) is 19.9 Å². The number of aryl methyl sites for hydroxylation is 1. The molecule has 0 spiro atoms. The van der Waals surface area contributed by atoms with E-state index in [1.165, 1.54) is 4.88 Å². The molecule has 1 amide bonds. The lowest BCUT2D eigenvalue weighted by atomic mass is 10.2. The average molecular weight is 360 g/mol. The largest absolute Gasteiger partial charge is 0.368 e. The summed E-state index contributed by atoms with van der Waals surface area (Å²) in [5.74, 6) is 1.31. The number of nitrogens with one attached hydrogen (secondary N) is 1. The maximum Gasteiger partial charge on any atom is 0.222 e. The van der Waals surface area contributed by atoms with Gasteiger partial charge in [-0.05, 0) is 18.4 Å². The molecule has 1 aliphatic rings. The first kappa shape index (κ1) is 17.6. The number of hydrogen-bond donors (Lipinski definition) is 2. The van der Waals surface area contributed by atoms with E-state index in [0.29, 0.717) is 18.9 Å². The van der Waals surface area contributed by atoms with Crippen molar-refractivity contribution in [3.63, 3.8) is 0 Å². The van der Waals surface area contributed by atoms with Gasteiger partial charge in [0.05, 0.1) is 6.54 Å². The van der Waals surface area contributed by atoms with Gasteiger partial charge in [-0.2, -0.15) is 4.98 Å². The predicted octanol–water partition coefficient (Wildman–Crippen LogP) is 1.26. The Hall–Kier alpha value is -2.19. The van der Waals surface area contributed by atoms with Crippen molar-refractivity contribution in [1.82, 2.24) is 20.2 Å². The highest BCUT2D eigenvalue weighted by Gasteiger charge is 2.19. The van der Waals surface area contributed by atoms with Crippen molar-refractivity contribution >= 4 is 29.0 Å². The smallest absolute Gasteiger partial charge is 0.222 e. The third-order valence-electron chi connectivity index (χ3n) is 4.25. The molecule has 3 heterocycles. The fraction of sp³-hybridized carbons (Fsp3) is 0.471. The SMILES string of the molecule is Cc1cc(N2CCN(CCC(=O)NCc3cccs3)CC2)nc(N)n1. The van der Waals surface area contributed by atoms with Crippen molar-refractivity contribution in [3.05, 3.63) is 34.2 Å². The zero-order valence-electron chi connectivity index (χ0n) is 14.4. The highest BCUT2D eigenvalue weighted by atomic mass is 32.1. The summed E-state index contributed by atoms with van der Waals surface area (Å²) in [6.45, 7) is 6.93. The molecule has 1 aliphatic heterocycles. The van der Waals surface area contributed by atoms with Gasteiger partial charge in [-0.1, -0.05) is 6.07 Å². The molecule has 0 unspecified atom stereocenters. The van der Waals surface area contributed by atoms with Crippen LogP contribution in [0.2, 0.25) is 0 Å². The summed E-state index contributed by atoms with van der Waals surface area (Å²) in [5.41, 5.74) is 6.62. The minimum atomic E-state index is 0.107. The molecular weight excluding hydrogens is 336 g/mol. The summed E-state index contributed by atoms with van der Waals surface area (Å²) in [6, 6.07) is 5.99. The molecular formula is C17H24N6OS. The Morgan fingerprint density at radius 3 is 2.80 bits per heavy atom. The number of carbonyl (C=O) groups is 1. The molecule has 3 rings (SSSR count). The van der Waals surface area contributed by atoms with Crippen LogP contribution in [0.25, 0.3) is 0 Å². The van der Waals surface area contributed by atoms with Crippen LogP contribution in [0.4, 0.5) is 11.8 Å². The second-order valence-electron chi connectivity index (χ2n) is 6.16. The predicted molar refractivity (Wildman–Crippen MR) is 101 cm³/mol. The third kappa shape index (κ3) is 5.14. The van der Waals surface area contributed by atoms with Crippen LogP contribution in [0.5, 0.6) is 0 Å². The van der Waals surface area contributed by atoms with Crippen molar-refractivity contribution in [2.24, 2.45) is 0 Å². The number of hydrogen-bond acceptors (Lipinski definition) is 7. The number of anilines is 2. The van der Waals surface area contributed by atoms with Crippen LogP contribution in [0.3, 0.4) is 0 Å². The van der Waals surface area contributed by atoms with Crippen LogP contribution in [0.1, 0.15) is 17.0 Å². The summed E-state index contributed by atoms with van der Waals surface area (Å²) in [4.78, 5) is 26.1. The van der Waals surface area contributed by atoms with E-state index in [0.717, 1.165) is 44.2 Å². The second-order valence-corrected chi connectivity index (χ2v) is 7.19. The number of amides is 1. The van der Waals surface area contributed by atoms with Crippen LogP contribution >= 0.6 is 11.3 Å². The van der Waals surface area contributed by atoms with Crippen molar-refractivity contribution in [2.75, 3.05) is 43.4 Å². The first-order valence-corrected chi connectivity index (χ1v) is 9.35. The monoisotopic (exact) mass is 360 g/mol. The first-order valence-electron chi connectivity index (χ1n) is 8.48. The standard InChI is InChI=1S/C17H24N6OS/c1-13-11-15(21-17(18)20-13)23-8-6-22(7-9-23)5-4-16(24)19-12-14-3-2-10-25-14/h2-3,10-11H,4-9,12H2,1H3,(H,19,24)(H2,18,20,21). The summed E-state index contributed by atoms with van der Waals surface area (Å²) in [7, 11) is 0. The molecule has 0 aromatic carbocycles. The quantitative estimate of drug-likeness (QED) is 0.806. The van der Waals surface area contributed by atoms with Crippen molar-refractivity contribution in [3.8, 4) is 0 Å². The van der Waals surface area contributed by atoms with Gasteiger partial charge < -0.3 is 16.0 Å². The first-order chi connectivity index (χ1) is 12.1. The van der Waals surface area contributed by atoms with Crippen molar-refractivity contribution < 1.29 is 4.79 Å². The Kier molecular flexibility index (Phi) is 5.83. The molecule has 0 saturated carbocycles. The summed E-state index contributed by atoms with van der Waals surface area (Å²) < 4.78 is 0. The lowest BCUT2D eigenvalue weighted by Gasteiger charge is -2.35. The molecule has 0 aliphatic carbocycles. The van der Waals surface area contributed by atoms with Gasteiger partial charge in [0.15, 0.2) is 0 Å². The maximum atomic E-state index is 12.0. The van der Waals surface area contributed by atoms with Crippen LogP contribution < -0.4 is 16.0 Å². The van der Waals surface area contributed by atoms with E-state index in [1.807, 2.05) is 30.5 Å². The van der Waals surface area contributed by atoms with Gasteiger partial charge >= 0.3 is 0 Å². The molecule has 1 fully saturated rings. The minimum absolute atomic E-state index is 0.107. The fourth-order valence-electron chi connectivity index (χ4n) is 2.88. The van der Waals surface area contributed by atoms with E-state index in [9.17, 15) is 4.79 Å². The number of aromatic nitrogens is 2.